The van der Waals surface area contributed by atoms with Crippen LogP contribution < -0.4 is 4.74 Å². The van der Waals surface area contributed by atoms with Crippen molar-refractivity contribution < 1.29 is 9.53 Å². The molecular formula is C14H17BrN2O2. The summed E-state index contributed by atoms with van der Waals surface area (Å²) in [6.07, 6.45) is 1.90. The van der Waals surface area contributed by atoms with Crippen molar-refractivity contribution in [2.45, 2.75) is 18.9 Å². The number of amides is 1. The lowest BCUT2D eigenvalue weighted by molar-refractivity contribution is 0.130. The van der Waals surface area contributed by atoms with Crippen LogP contribution in [0.2, 0.25) is 0 Å². The quantitative estimate of drug-likeness (QED) is 0.796. The second-order valence-corrected chi connectivity index (χ2v) is 5.92. The number of para-hydroxylation sites is 1. The van der Waals surface area contributed by atoms with Crippen LogP contribution >= 0.6 is 15.9 Å². The Balaban J connectivity index is 1.72. The van der Waals surface area contributed by atoms with Crippen molar-refractivity contribution in [2.24, 2.45) is 0 Å². The zero-order chi connectivity index (χ0) is 13.2. The first-order chi connectivity index (χ1) is 9.24. The zero-order valence-electron chi connectivity index (χ0n) is 10.7. The molecule has 3 heterocycles. The molecule has 0 aromatic heterocycles. The molecule has 3 aliphatic rings. The maximum Gasteiger partial charge on any atom is 0.415 e. The van der Waals surface area contributed by atoms with Gasteiger partial charge in [0.15, 0.2) is 0 Å². The molecule has 0 radical (unpaired) electrons. The van der Waals surface area contributed by atoms with Crippen molar-refractivity contribution in [2.75, 3.05) is 26.2 Å². The normalized spacial score (nSPS) is 26.1. The van der Waals surface area contributed by atoms with Crippen molar-refractivity contribution in [1.29, 1.82) is 0 Å². The minimum Gasteiger partial charge on any atom is -0.409 e. The van der Waals surface area contributed by atoms with Gasteiger partial charge in [-0.3, -0.25) is 0 Å². The number of ether oxygens (including phenoxy) is 1. The van der Waals surface area contributed by atoms with Crippen molar-refractivity contribution in [3.05, 3.63) is 28.7 Å². The molecule has 0 aliphatic carbocycles. The molecule has 0 spiro atoms. The fraction of sp³-hybridized carbons (Fsp3) is 0.500. The largest absolute Gasteiger partial charge is 0.415 e. The van der Waals surface area contributed by atoms with Gasteiger partial charge in [-0.05, 0) is 40.9 Å². The van der Waals surface area contributed by atoms with Crippen LogP contribution in [0.4, 0.5) is 4.79 Å². The van der Waals surface area contributed by atoms with Crippen LogP contribution in [-0.2, 0) is 0 Å². The van der Waals surface area contributed by atoms with Crippen LogP contribution in [0, 0.1) is 0 Å². The molecule has 1 amide bonds. The fourth-order valence-corrected chi connectivity index (χ4v) is 3.17. The molecule has 0 unspecified atom stereocenters. The van der Waals surface area contributed by atoms with Crippen molar-refractivity contribution in [1.82, 2.24) is 9.80 Å². The summed E-state index contributed by atoms with van der Waals surface area (Å²) in [5.74, 6) is 0.589. The fourth-order valence-electron chi connectivity index (χ4n) is 2.81. The Bertz CT molecular complexity index is 472. The maximum atomic E-state index is 12.3. The molecule has 102 valence electrons. The molecule has 0 saturated carbocycles. The molecule has 0 atom stereocenters. The second-order valence-electron chi connectivity index (χ2n) is 5.06. The number of nitrogens with zero attached hydrogens (tertiary/aromatic N) is 2. The van der Waals surface area contributed by atoms with Gasteiger partial charge in [-0.15, -0.1) is 0 Å². The minimum atomic E-state index is -0.222. The Kier molecular flexibility index (Phi) is 3.75. The zero-order valence-corrected chi connectivity index (χ0v) is 12.3. The standard InChI is InChI=1S/C14H17BrN2O2/c15-12-3-1-2-4-13(12)19-14(18)17-10-9-16-7-5-11(17)6-8-16/h1-4,11H,5-10H2. The molecule has 19 heavy (non-hydrogen) atoms. The van der Waals surface area contributed by atoms with E-state index in [1.807, 2.05) is 23.1 Å². The van der Waals surface area contributed by atoms with E-state index in [-0.39, 0.29) is 6.09 Å². The van der Waals surface area contributed by atoms with Gasteiger partial charge in [-0.1, -0.05) is 12.1 Å². The van der Waals surface area contributed by atoms with Crippen LogP contribution in [0.5, 0.6) is 5.75 Å². The average Bonchev–Trinajstić information content (AvgIpc) is 2.75. The number of benzene rings is 1. The predicted molar refractivity (Wildman–Crippen MR) is 76.3 cm³/mol. The van der Waals surface area contributed by atoms with Gasteiger partial charge in [0.2, 0.25) is 0 Å². The molecule has 0 N–H and O–H groups in total. The highest BCUT2D eigenvalue weighted by Crippen LogP contribution is 2.26. The van der Waals surface area contributed by atoms with Crippen molar-refractivity contribution >= 4 is 22.0 Å². The van der Waals surface area contributed by atoms with E-state index in [0.29, 0.717) is 11.8 Å². The van der Waals surface area contributed by atoms with Crippen molar-refractivity contribution in [3.63, 3.8) is 0 Å². The monoisotopic (exact) mass is 324 g/mol. The van der Waals surface area contributed by atoms with Gasteiger partial charge >= 0.3 is 6.09 Å². The third kappa shape index (κ3) is 2.77. The lowest BCUT2D eigenvalue weighted by atomic mass is 10.1. The van der Waals surface area contributed by atoms with E-state index in [2.05, 4.69) is 20.8 Å². The third-order valence-electron chi connectivity index (χ3n) is 3.92. The molecule has 5 heteroatoms. The van der Waals surface area contributed by atoms with E-state index >= 15 is 0 Å². The van der Waals surface area contributed by atoms with Crippen LogP contribution in [0.15, 0.2) is 28.7 Å². The molecule has 3 saturated heterocycles. The summed E-state index contributed by atoms with van der Waals surface area (Å²) in [7, 11) is 0. The molecule has 2 bridgehead atoms. The summed E-state index contributed by atoms with van der Waals surface area (Å²) < 4.78 is 6.32. The highest BCUT2D eigenvalue weighted by atomic mass is 79.9. The number of piperidine rings is 1. The number of hydrogen-bond acceptors (Lipinski definition) is 3. The number of fused-ring (bicyclic) bond motifs is 4. The lowest BCUT2D eigenvalue weighted by Crippen LogP contribution is -2.43. The molecule has 4 nitrogen and oxygen atoms in total. The van der Waals surface area contributed by atoms with Gasteiger partial charge in [-0.25, -0.2) is 4.79 Å². The molecule has 3 fully saturated rings. The Morgan fingerprint density at radius 3 is 2.63 bits per heavy atom. The highest BCUT2D eigenvalue weighted by Gasteiger charge is 2.33. The van der Waals surface area contributed by atoms with Gasteiger partial charge in [0.05, 0.1) is 4.47 Å². The Hall–Kier alpha value is -1.07. The van der Waals surface area contributed by atoms with Crippen LogP contribution in [-0.4, -0.2) is 48.1 Å². The van der Waals surface area contributed by atoms with E-state index in [4.69, 9.17) is 4.74 Å². The summed E-state index contributed by atoms with van der Waals surface area (Å²) >= 11 is 3.40. The van der Waals surface area contributed by atoms with Crippen LogP contribution in [0.25, 0.3) is 0 Å². The van der Waals surface area contributed by atoms with Gasteiger partial charge in [0, 0.05) is 32.2 Å². The lowest BCUT2D eigenvalue weighted by Gasteiger charge is -2.30. The van der Waals surface area contributed by atoms with E-state index in [0.717, 1.165) is 43.5 Å². The first kappa shape index (κ1) is 12.9. The molecular weight excluding hydrogens is 308 g/mol. The Labute approximate surface area is 121 Å². The molecule has 1 aromatic rings. The summed E-state index contributed by atoms with van der Waals surface area (Å²) in [5, 5.41) is 0. The number of halogens is 1. The third-order valence-corrected chi connectivity index (χ3v) is 4.58. The molecule has 4 rings (SSSR count). The topological polar surface area (TPSA) is 32.8 Å². The average molecular weight is 325 g/mol. The van der Waals surface area contributed by atoms with Gasteiger partial charge in [-0.2, -0.15) is 0 Å². The number of hydrogen-bond donors (Lipinski definition) is 0. The first-order valence-corrected chi connectivity index (χ1v) is 7.48. The van der Waals surface area contributed by atoms with E-state index in [1.165, 1.54) is 0 Å². The summed E-state index contributed by atoms with van der Waals surface area (Å²) in [4.78, 5) is 16.6. The van der Waals surface area contributed by atoms with E-state index in [9.17, 15) is 4.79 Å². The summed E-state index contributed by atoms with van der Waals surface area (Å²) in [5.41, 5.74) is 0. The maximum absolute atomic E-state index is 12.3. The summed E-state index contributed by atoms with van der Waals surface area (Å²) in [6.45, 7) is 3.93. The van der Waals surface area contributed by atoms with Gasteiger partial charge < -0.3 is 14.5 Å². The van der Waals surface area contributed by atoms with Crippen molar-refractivity contribution in [3.8, 4) is 5.75 Å². The molecule has 3 aliphatic heterocycles. The highest BCUT2D eigenvalue weighted by molar-refractivity contribution is 9.10. The smallest absolute Gasteiger partial charge is 0.409 e. The van der Waals surface area contributed by atoms with E-state index in [1.54, 1.807) is 6.07 Å². The van der Waals surface area contributed by atoms with Crippen LogP contribution in [0.3, 0.4) is 0 Å². The van der Waals surface area contributed by atoms with E-state index < -0.39 is 0 Å². The number of carbonyl (C=O) groups is 1. The van der Waals surface area contributed by atoms with Crippen LogP contribution in [0.1, 0.15) is 12.8 Å². The Morgan fingerprint density at radius 2 is 1.89 bits per heavy atom. The number of rotatable bonds is 1. The second kappa shape index (κ2) is 5.51. The molecule has 1 aromatic carbocycles. The number of carbonyl (C=O) groups excluding carboxylic acids is 1. The van der Waals surface area contributed by atoms with Gasteiger partial charge in [0.25, 0.3) is 0 Å². The first-order valence-electron chi connectivity index (χ1n) is 6.69. The minimum absolute atomic E-state index is 0.222. The predicted octanol–water partition coefficient (Wildman–Crippen LogP) is 2.73. The van der Waals surface area contributed by atoms with Gasteiger partial charge in [0.1, 0.15) is 5.75 Å². The SMILES string of the molecule is O=C(Oc1ccccc1Br)N1CCN2CCC1CC2. The summed E-state index contributed by atoms with van der Waals surface area (Å²) in [6, 6.07) is 7.80. The Morgan fingerprint density at radius 1 is 1.16 bits per heavy atom.